The van der Waals surface area contributed by atoms with E-state index >= 15 is 0 Å². The fraction of sp³-hybridized carbons (Fsp3) is 0.550. The van der Waals surface area contributed by atoms with E-state index in [0.717, 1.165) is 36.2 Å². The quantitative estimate of drug-likeness (QED) is 0.865. The Labute approximate surface area is 154 Å². The van der Waals surface area contributed by atoms with E-state index in [1.54, 1.807) is 0 Å². The normalized spacial score (nSPS) is 17.5. The molecule has 1 aromatic carbocycles. The number of carbonyl (C=O) groups excluding carboxylic acids is 2. The van der Waals surface area contributed by atoms with Crippen molar-refractivity contribution in [3.8, 4) is 0 Å². The van der Waals surface area contributed by atoms with Crippen LogP contribution in [0.5, 0.6) is 0 Å². The predicted molar refractivity (Wildman–Crippen MR) is 102 cm³/mol. The van der Waals surface area contributed by atoms with E-state index in [4.69, 9.17) is 4.98 Å². The Hall–Kier alpha value is -2.37. The van der Waals surface area contributed by atoms with Gasteiger partial charge in [-0.3, -0.25) is 9.59 Å². The lowest BCUT2D eigenvalue weighted by Crippen LogP contribution is -2.43. The molecule has 1 aliphatic rings. The molecule has 3 rings (SSSR count). The largest absolute Gasteiger partial charge is 0.356 e. The fourth-order valence-electron chi connectivity index (χ4n) is 3.63. The summed E-state index contributed by atoms with van der Waals surface area (Å²) >= 11 is 0. The highest BCUT2D eigenvalue weighted by Gasteiger charge is 2.24. The first kappa shape index (κ1) is 18.4. The average molecular weight is 356 g/mol. The molecule has 1 saturated heterocycles. The molecule has 1 aromatic heterocycles. The van der Waals surface area contributed by atoms with Crippen LogP contribution in [0.4, 0.5) is 0 Å². The molecule has 1 N–H and O–H groups in total. The number of hydrogen-bond acceptors (Lipinski definition) is 3. The summed E-state index contributed by atoms with van der Waals surface area (Å²) in [6, 6.07) is 8.20. The summed E-state index contributed by atoms with van der Waals surface area (Å²) in [6.45, 7) is 5.65. The monoisotopic (exact) mass is 356 g/mol. The van der Waals surface area contributed by atoms with Gasteiger partial charge in [0.25, 0.3) is 0 Å². The van der Waals surface area contributed by atoms with Crippen molar-refractivity contribution in [3.05, 3.63) is 30.1 Å². The molecule has 6 heteroatoms. The van der Waals surface area contributed by atoms with Crippen LogP contribution in [0.15, 0.2) is 24.3 Å². The van der Waals surface area contributed by atoms with E-state index in [-0.39, 0.29) is 11.8 Å². The van der Waals surface area contributed by atoms with E-state index < -0.39 is 0 Å². The van der Waals surface area contributed by atoms with Gasteiger partial charge in [0.2, 0.25) is 11.8 Å². The van der Waals surface area contributed by atoms with Crippen LogP contribution in [0.1, 0.15) is 45.4 Å². The molecule has 140 valence electrons. The average Bonchev–Trinajstić information content (AvgIpc) is 2.99. The highest BCUT2D eigenvalue weighted by molar-refractivity contribution is 5.81. The number of benzene rings is 1. The molecule has 0 saturated carbocycles. The van der Waals surface area contributed by atoms with Gasteiger partial charge in [-0.2, -0.15) is 0 Å². The van der Waals surface area contributed by atoms with Gasteiger partial charge in [0.15, 0.2) is 0 Å². The van der Waals surface area contributed by atoms with Crippen molar-refractivity contribution >= 4 is 22.8 Å². The molecule has 1 atom stereocenters. The van der Waals surface area contributed by atoms with Gasteiger partial charge < -0.3 is 14.8 Å². The Kier molecular flexibility index (Phi) is 5.91. The maximum Gasteiger partial charge on any atom is 0.242 e. The second-order valence-corrected chi connectivity index (χ2v) is 6.99. The molecule has 0 aliphatic carbocycles. The van der Waals surface area contributed by atoms with Crippen LogP contribution in [0.25, 0.3) is 11.0 Å². The summed E-state index contributed by atoms with van der Waals surface area (Å²) in [5.41, 5.74) is 1.87. The minimum atomic E-state index is 0.0332. The summed E-state index contributed by atoms with van der Waals surface area (Å²) in [5, 5.41) is 2.89. The number of imidazole rings is 1. The number of likely N-dealkylation sites (tertiary alicyclic amines) is 1. The maximum atomic E-state index is 12.9. The van der Waals surface area contributed by atoms with Crippen LogP contribution in [0.3, 0.4) is 0 Å². The molecule has 2 amide bonds. The Morgan fingerprint density at radius 3 is 2.85 bits per heavy atom. The molecule has 2 heterocycles. The number of aromatic nitrogens is 2. The second kappa shape index (κ2) is 8.34. The maximum absolute atomic E-state index is 12.9. The molecule has 2 aromatic rings. The van der Waals surface area contributed by atoms with E-state index in [1.165, 1.54) is 6.42 Å². The lowest BCUT2D eigenvalue weighted by Gasteiger charge is -2.33. The van der Waals surface area contributed by atoms with Crippen LogP contribution >= 0.6 is 0 Å². The third-order valence-electron chi connectivity index (χ3n) is 5.14. The molecule has 1 fully saturated rings. The number of nitrogens with zero attached hydrogens (tertiary/aromatic N) is 3. The second-order valence-electron chi connectivity index (χ2n) is 6.99. The molecule has 0 bridgehead atoms. The fourth-order valence-corrected chi connectivity index (χ4v) is 3.63. The molecule has 26 heavy (non-hydrogen) atoms. The van der Waals surface area contributed by atoms with Gasteiger partial charge in [-0.1, -0.05) is 19.1 Å². The van der Waals surface area contributed by atoms with E-state index in [1.807, 2.05) is 40.7 Å². The van der Waals surface area contributed by atoms with Gasteiger partial charge in [0, 0.05) is 32.0 Å². The summed E-state index contributed by atoms with van der Waals surface area (Å²) in [5.74, 6) is 1.03. The zero-order valence-corrected chi connectivity index (χ0v) is 15.7. The van der Waals surface area contributed by atoms with Crippen molar-refractivity contribution in [2.24, 2.45) is 0 Å². The number of para-hydroxylation sites is 2. The number of fused-ring (bicyclic) bond motifs is 1. The number of rotatable bonds is 6. The van der Waals surface area contributed by atoms with Crippen molar-refractivity contribution < 1.29 is 9.59 Å². The van der Waals surface area contributed by atoms with Gasteiger partial charge >= 0.3 is 0 Å². The van der Waals surface area contributed by atoms with Crippen molar-refractivity contribution in [3.63, 3.8) is 0 Å². The number of carbonyl (C=O) groups is 2. The van der Waals surface area contributed by atoms with Crippen molar-refractivity contribution in [2.75, 3.05) is 13.1 Å². The third-order valence-corrected chi connectivity index (χ3v) is 5.14. The number of amides is 2. The standard InChI is InChI=1S/C20H28N4O2/c1-3-19(25)21-12-11-18-22-16-9-4-5-10-17(16)24(18)14-20(26)23-13-7-6-8-15(23)2/h4-5,9-10,15H,3,6-8,11-14H2,1-2H3,(H,21,25). The number of piperidine rings is 1. The zero-order valence-electron chi connectivity index (χ0n) is 15.7. The van der Waals surface area contributed by atoms with Gasteiger partial charge in [0.05, 0.1) is 11.0 Å². The Balaban J connectivity index is 1.79. The van der Waals surface area contributed by atoms with Gasteiger partial charge in [-0.15, -0.1) is 0 Å². The molecule has 1 unspecified atom stereocenters. The van der Waals surface area contributed by atoms with E-state index in [9.17, 15) is 9.59 Å². The predicted octanol–water partition coefficient (Wildman–Crippen LogP) is 2.51. The van der Waals surface area contributed by atoms with Crippen LogP contribution in [0, 0.1) is 0 Å². The van der Waals surface area contributed by atoms with Crippen LogP contribution in [0.2, 0.25) is 0 Å². The van der Waals surface area contributed by atoms with Crippen molar-refractivity contribution in [2.45, 2.75) is 58.5 Å². The first-order valence-corrected chi connectivity index (χ1v) is 9.60. The summed E-state index contributed by atoms with van der Waals surface area (Å²) in [7, 11) is 0. The Morgan fingerprint density at radius 1 is 1.27 bits per heavy atom. The minimum absolute atomic E-state index is 0.0332. The Morgan fingerprint density at radius 2 is 2.08 bits per heavy atom. The Bertz CT molecular complexity index is 783. The minimum Gasteiger partial charge on any atom is -0.356 e. The molecule has 0 radical (unpaired) electrons. The highest BCUT2D eigenvalue weighted by atomic mass is 16.2. The van der Waals surface area contributed by atoms with E-state index in [0.29, 0.717) is 32.0 Å². The van der Waals surface area contributed by atoms with Crippen LogP contribution < -0.4 is 5.32 Å². The molecular weight excluding hydrogens is 328 g/mol. The number of hydrogen-bond donors (Lipinski definition) is 1. The highest BCUT2D eigenvalue weighted by Crippen LogP contribution is 2.20. The third kappa shape index (κ3) is 4.06. The van der Waals surface area contributed by atoms with E-state index in [2.05, 4.69) is 12.2 Å². The zero-order chi connectivity index (χ0) is 18.5. The SMILES string of the molecule is CCC(=O)NCCc1nc2ccccc2n1CC(=O)N1CCCCC1C. The van der Waals surface area contributed by atoms with Crippen LogP contribution in [-0.2, 0) is 22.6 Å². The summed E-state index contributed by atoms with van der Waals surface area (Å²) < 4.78 is 2.01. The van der Waals surface area contributed by atoms with Gasteiger partial charge in [-0.05, 0) is 38.3 Å². The lowest BCUT2D eigenvalue weighted by atomic mass is 10.0. The van der Waals surface area contributed by atoms with Gasteiger partial charge in [-0.25, -0.2) is 4.98 Å². The topological polar surface area (TPSA) is 67.2 Å². The van der Waals surface area contributed by atoms with Gasteiger partial charge in [0.1, 0.15) is 12.4 Å². The molecule has 6 nitrogen and oxygen atoms in total. The molecule has 1 aliphatic heterocycles. The van der Waals surface area contributed by atoms with Crippen molar-refractivity contribution in [1.29, 1.82) is 0 Å². The lowest BCUT2D eigenvalue weighted by molar-refractivity contribution is -0.135. The van der Waals surface area contributed by atoms with Crippen LogP contribution in [-0.4, -0.2) is 45.4 Å². The summed E-state index contributed by atoms with van der Waals surface area (Å²) in [4.78, 5) is 31.1. The summed E-state index contributed by atoms with van der Waals surface area (Å²) in [6.07, 6.45) is 4.44. The number of nitrogens with one attached hydrogen (secondary N) is 1. The first-order chi connectivity index (χ1) is 12.6. The molecule has 0 spiro atoms. The first-order valence-electron chi connectivity index (χ1n) is 9.60. The van der Waals surface area contributed by atoms with Crippen molar-refractivity contribution in [1.82, 2.24) is 19.8 Å². The molecular formula is C20H28N4O2. The smallest absolute Gasteiger partial charge is 0.242 e.